The third kappa shape index (κ3) is 6.58. The Balaban J connectivity index is 1.73. The summed E-state index contributed by atoms with van der Waals surface area (Å²) in [6.07, 6.45) is 5.72. The highest BCUT2D eigenvalue weighted by molar-refractivity contribution is 5.94. The molecular weight excluding hydrogens is 330 g/mol. The summed E-state index contributed by atoms with van der Waals surface area (Å²) in [6.45, 7) is 6.25. The van der Waals surface area contributed by atoms with Crippen molar-refractivity contribution in [3.05, 3.63) is 24.3 Å². The van der Waals surface area contributed by atoms with Gasteiger partial charge in [-0.3, -0.25) is 4.79 Å². The van der Waals surface area contributed by atoms with Crippen molar-refractivity contribution >= 4 is 17.6 Å². The Morgan fingerprint density at radius 1 is 1.15 bits per heavy atom. The van der Waals surface area contributed by atoms with E-state index in [4.69, 9.17) is 4.74 Å². The molecule has 1 aromatic rings. The summed E-state index contributed by atoms with van der Waals surface area (Å²) in [5.41, 5.74) is 0.685. The van der Waals surface area contributed by atoms with Gasteiger partial charge in [-0.05, 0) is 56.4 Å². The first kappa shape index (κ1) is 20.1. The van der Waals surface area contributed by atoms with Gasteiger partial charge in [-0.1, -0.05) is 19.8 Å². The van der Waals surface area contributed by atoms with Crippen molar-refractivity contribution < 1.29 is 14.3 Å². The molecule has 0 aliphatic carbocycles. The average molecular weight is 361 g/mol. The molecule has 1 aliphatic heterocycles. The third-order valence-electron chi connectivity index (χ3n) is 4.68. The van der Waals surface area contributed by atoms with Crippen LogP contribution in [-0.4, -0.2) is 43.1 Å². The summed E-state index contributed by atoms with van der Waals surface area (Å²) in [5.74, 6) is 1.25. The van der Waals surface area contributed by atoms with Gasteiger partial charge in [0.25, 0.3) is 0 Å². The molecule has 144 valence electrons. The molecule has 0 spiro atoms. The number of rotatable bonds is 7. The van der Waals surface area contributed by atoms with E-state index in [9.17, 15) is 9.59 Å². The predicted molar refractivity (Wildman–Crippen MR) is 103 cm³/mol. The molecule has 6 heteroatoms. The van der Waals surface area contributed by atoms with Gasteiger partial charge in [0.05, 0.1) is 13.2 Å². The van der Waals surface area contributed by atoms with Crippen LogP contribution in [0.15, 0.2) is 24.3 Å². The summed E-state index contributed by atoms with van der Waals surface area (Å²) >= 11 is 0. The predicted octanol–water partition coefficient (Wildman–Crippen LogP) is 3.64. The van der Waals surface area contributed by atoms with Crippen LogP contribution in [0.5, 0.6) is 5.75 Å². The van der Waals surface area contributed by atoms with Gasteiger partial charge in [-0.15, -0.1) is 0 Å². The minimum Gasteiger partial charge on any atom is -0.494 e. The lowest BCUT2D eigenvalue weighted by Crippen LogP contribution is -2.43. The molecule has 2 N–H and O–H groups in total. The molecule has 0 unspecified atom stereocenters. The molecule has 1 saturated heterocycles. The summed E-state index contributed by atoms with van der Waals surface area (Å²) in [6, 6.07) is 7.04. The molecule has 0 bridgehead atoms. The maximum Gasteiger partial charge on any atom is 0.317 e. The molecule has 1 heterocycles. The number of hydrogen-bond acceptors (Lipinski definition) is 3. The Morgan fingerprint density at radius 2 is 1.92 bits per heavy atom. The van der Waals surface area contributed by atoms with Crippen molar-refractivity contribution in [1.29, 1.82) is 0 Å². The van der Waals surface area contributed by atoms with E-state index in [-0.39, 0.29) is 18.5 Å². The van der Waals surface area contributed by atoms with Crippen molar-refractivity contribution in [2.75, 3.05) is 31.6 Å². The average Bonchev–Trinajstić information content (AvgIpc) is 2.88. The number of nitrogens with one attached hydrogen (secondary N) is 2. The first-order chi connectivity index (χ1) is 12.6. The number of likely N-dealkylation sites (tertiary alicyclic amines) is 1. The molecule has 1 atom stereocenters. The van der Waals surface area contributed by atoms with Crippen molar-refractivity contribution in [3.63, 3.8) is 0 Å². The SMILES string of the molecule is CCC[C@@H]1CCCN(C(=O)NCC(=O)Nc2ccc(OCC)cc2)CC1. The van der Waals surface area contributed by atoms with Crippen molar-refractivity contribution in [2.45, 2.75) is 46.0 Å². The largest absolute Gasteiger partial charge is 0.494 e. The molecule has 2 rings (SSSR count). The van der Waals surface area contributed by atoms with Crippen LogP contribution in [0.4, 0.5) is 10.5 Å². The van der Waals surface area contributed by atoms with Gasteiger partial charge in [-0.25, -0.2) is 4.79 Å². The van der Waals surface area contributed by atoms with Crippen LogP contribution < -0.4 is 15.4 Å². The smallest absolute Gasteiger partial charge is 0.317 e. The van der Waals surface area contributed by atoms with E-state index in [1.54, 1.807) is 12.1 Å². The fourth-order valence-corrected chi connectivity index (χ4v) is 3.34. The van der Waals surface area contributed by atoms with Crippen LogP contribution in [-0.2, 0) is 4.79 Å². The zero-order valence-corrected chi connectivity index (χ0v) is 15.9. The second kappa shape index (κ2) is 10.7. The minimum absolute atomic E-state index is 0.0269. The number of amides is 3. The monoisotopic (exact) mass is 361 g/mol. The Kier molecular flexibility index (Phi) is 8.25. The van der Waals surface area contributed by atoms with E-state index < -0.39 is 0 Å². The van der Waals surface area contributed by atoms with Crippen LogP contribution in [0.1, 0.15) is 46.0 Å². The van der Waals surface area contributed by atoms with Gasteiger partial charge < -0.3 is 20.3 Å². The van der Waals surface area contributed by atoms with Crippen LogP contribution in [0, 0.1) is 5.92 Å². The second-order valence-electron chi connectivity index (χ2n) is 6.74. The number of nitrogens with zero attached hydrogens (tertiary/aromatic N) is 1. The van der Waals surface area contributed by atoms with E-state index in [2.05, 4.69) is 17.6 Å². The van der Waals surface area contributed by atoms with Crippen molar-refractivity contribution in [3.8, 4) is 5.75 Å². The lowest BCUT2D eigenvalue weighted by atomic mass is 9.96. The molecule has 1 aliphatic rings. The molecule has 0 aromatic heterocycles. The molecule has 0 radical (unpaired) electrons. The maximum absolute atomic E-state index is 12.3. The van der Waals surface area contributed by atoms with Gasteiger partial charge in [0.15, 0.2) is 0 Å². The number of anilines is 1. The number of hydrogen-bond donors (Lipinski definition) is 2. The summed E-state index contributed by atoms with van der Waals surface area (Å²) in [7, 11) is 0. The van der Waals surface area contributed by atoms with Crippen molar-refractivity contribution in [2.24, 2.45) is 5.92 Å². The number of benzene rings is 1. The zero-order chi connectivity index (χ0) is 18.8. The standard InChI is InChI=1S/C20H31N3O3/c1-3-6-16-7-5-13-23(14-12-16)20(25)21-15-19(24)22-17-8-10-18(11-9-17)26-4-2/h8-11,16H,3-7,12-15H2,1-2H3,(H,21,25)(H,22,24)/t16-/m1/s1. The van der Waals surface area contributed by atoms with Gasteiger partial charge in [0.1, 0.15) is 5.75 Å². The fraction of sp³-hybridized carbons (Fsp3) is 0.600. The maximum atomic E-state index is 12.3. The molecule has 26 heavy (non-hydrogen) atoms. The highest BCUT2D eigenvalue weighted by Crippen LogP contribution is 2.21. The fourth-order valence-electron chi connectivity index (χ4n) is 3.34. The second-order valence-corrected chi connectivity index (χ2v) is 6.74. The van der Waals surface area contributed by atoms with E-state index >= 15 is 0 Å². The van der Waals surface area contributed by atoms with Crippen LogP contribution in [0.25, 0.3) is 0 Å². The molecule has 0 saturated carbocycles. The van der Waals surface area contributed by atoms with Crippen LogP contribution >= 0.6 is 0 Å². The van der Waals surface area contributed by atoms with E-state index in [1.807, 2.05) is 24.0 Å². The zero-order valence-electron chi connectivity index (χ0n) is 15.9. The van der Waals surface area contributed by atoms with E-state index in [1.165, 1.54) is 19.3 Å². The molecular formula is C20H31N3O3. The first-order valence-electron chi connectivity index (χ1n) is 9.67. The van der Waals surface area contributed by atoms with Gasteiger partial charge in [0, 0.05) is 18.8 Å². The molecule has 6 nitrogen and oxygen atoms in total. The summed E-state index contributed by atoms with van der Waals surface area (Å²) < 4.78 is 5.37. The minimum atomic E-state index is -0.235. The Hall–Kier alpha value is -2.24. The van der Waals surface area contributed by atoms with Gasteiger partial charge in [0.2, 0.25) is 5.91 Å². The Morgan fingerprint density at radius 3 is 2.62 bits per heavy atom. The van der Waals surface area contributed by atoms with Crippen LogP contribution in [0.2, 0.25) is 0 Å². The lowest BCUT2D eigenvalue weighted by molar-refractivity contribution is -0.115. The topological polar surface area (TPSA) is 70.7 Å². The van der Waals surface area contributed by atoms with Gasteiger partial charge >= 0.3 is 6.03 Å². The number of ether oxygens (including phenoxy) is 1. The lowest BCUT2D eigenvalue weighted by Gasteiger charge is -2.21. The molecule has 3 amide bonds. The number of carbonyl (C=O) groups is 2. The van der Waals surface area contributed by atoms with Crippen LogP contribution in [0.3, 0.4) is 0 Å². The van der Waals surface area contributed by atoms with E-state index in [0.29, 0.717) is 12.3 Å². The number of carbonyl (C=O) groups excluding carboxylic acids is 2. The Bertz CT molecular complexity index is 574. The third-order valence-corrected chi connectivity index (χ3v) is 4.68. The molecule has 1 aromatic carbocycles. The normalized spacial score (nSPS) is 17.3. The Labute approximate surface area is 156 Å². The quantitative estimate of drug-likeness (QED) is 0.779. The highest BCUT2D eigenvalue weighted by atomic mass is 16.5. The van der Waals surface area contributed by atoms with Crippen molar-refractivity contribution in [1.82, 2.24) is 10.2 Å². The van der Waals surface area contributed by atoms with E-state index in [0.717, 1.165) is 37.6 Å². The summed E-state index contributed by atoms with van der Waals surface area (Å²) in [4.78, 5) is 26.2. The number of urea groups is 1. The summed E-state index contributed by atoms with van der Waals surface area (Å²) in [5, 5.41) is 5.51. The first-order valence-corrected chi connectivity index (χ1v) is 9.67. The highest BCUT2D eigenvalue weighted by Gasteiger charge is 2.20. The van der Waals surface area contributed by atoms with Gasteiger partial charge in [-0.2, -0.15) is 0 Å². The molecule has 1 fully saturated rings.